The van der Waals surface area contributed by atoms with Gasteiger partial charge in [0.25, 0.3) is 0 Å². The van der Waals surface area contributed by atoms with E-state index in [9.17, 15) is 4.79 Å². The Bertz CT molecular complexity index is 216. The molecule has 0 bridgehead atoms. The van der Waals surface area contributed by atoms with Crippen LogP contribution >= 0.6 is 0 Å². The van der Waals surface area contributed by atoms with Gasteiger partial charge in [0.1, 0.15) is 0 Å². The highest BCUT2D eigenvalue weighted by Crippen LogP contribution is 2.22. The topological polar surface area (TPSA) is 61.1 Å². The highest BCUT2D eigenvalue weighted by molar-refractivity contribution is 5.66. The van der Waals surface area contributed by atoms with Crippen LogP contribution in [0.15, 0.2) is 0 Å². The van der Waals surface area contributed by atoms with Gasteiger partial charge in [-0.25, -0.2) is 0 Å². The number of unbranched alkanes of at least 4 members (excludes halogenated alkanes) is 3. The molecule has 0 aromatic rings. The standard InChI is InChI=1S/C11H19NO2/c1-11(2,9-12)8-6-4-3-5-7-10(13)14/h3-8H2,1-2H3,(H,13,14). The molecule has 80 valence electrons. The van der Waals surface area contributed by atoms with E-state index in [1.807, 2.05) is 13.8 Å². The molecule has 0 aromatic heterocycles. The van der Waals surface area contributed by atoms with E-state index in [0.29, 0.717) is 0 Å². The molecule has 0 aliphatic heterocycles. The number of hydrogen-bond donors (Lipinski definition) is 1. The molecule has 0 saturated heterocycles. The van der Waals surface area contributed by atoms with E-state index in [-0.39, 0.29) is 11.8 Å². The fraction of sp³-hybridized carbons (Fsp3) is 0.818. The van der Waals surface area contributed by atoms with Crippen molar-refractivity contribution in [3.63, 3.8) is 0 Å². The molecule has 0 atom stereocenters. The average Bonchev–Trinajstić information content (AvgIpc) is 2.10. The number of hydrogen-bond acceptors (Lipinski definition) is 2. The highest BCUT2D eigenvalue weighted by atomic mass is 16.4. The van der Waals surface area contributed by atoms with Gasteiger partial charge >= 0.3 is 5.97 Å². The van der Waals surface area contributed by atoms with Gasteiger partial charge < -0.3 is 5.11 Å². The first-order chi connectivity index (χ1) is 6.48. The SMILES string of the molecule is CC(C)(C#N)CCCCCCC(=O)O. The Morgan fingerprint density at radius 2 is 1.86 bits per heavy atom. The van der Waals surface area contributed by atoms with Crippen molar-refractivity contribution in [1.29, 1.82) is 5.26 Å². The van der Waals surface area contributed by atoms with Gasteiger partial charge in [-0.05, 0) is 26.7 Å². The number of aliphatic carboxylic acids is 1. The fourth-order valence-corrected chi connectivity index (χ4v) is 1.25. The lowest BCUT2D eigenvalue weighted by Crippen LogP contribution is -2.07. The first kappa shape index (κ1) is 13.0. The van der Waals surface area contributed by atoms with Crippen molar-refractivity contribution < 1.29 is 9.90 Å². The summed E-state index contributed by atoms with van der Waals surface area (Å²) in [6.07, 6.45) is 4.91. The number of carboxylic acid groups (broad SMARTS) is 1. The summed E-state index contributed by atoms with van der Waals surface area (Å²) in [7, 11) is 0. The van der Waals surface area contributed by atoms with Crippen LogP contribution in [-0.4, -0.2) is 11.1 Å². The molecule has 0 heterocycles. The van der Waals surface area contributed by atoms with Crippen LogP contribution in [0.3, 0.4) is 0 Å². The number of carbonyl (C=O) groups is 1. The van der Waals surface area contributed by atoms with Crippen molar-refractivity contribution in [3.8, 4) is 6.07 Å². The van der Waals surface area contributed by atoms with Crippen LogP contribution in [0.25, 0.3) is 0 Å². The maximum Gasteiger partial charge on any atom is 0.303 e. The van der Waals surface area contributed by atoms with Gasteiger partial charge in [0.2, 0.25) is 0 Å². The minimum Gasteiger partial charge on any atom is -0.481 e. The van der Waals surface area contributed by atoms with Gasteiger partial charge in [0.05, 0.1) is 11.5 Å². The number of rotatable bonds is 7. The van der Waals surface area contributed by atoms with Gasteiger partial charge in [-0.2, -0.15) is 5.26 Å². The van der Waals surface area contributed by atoms with Crippen LogP contribution in [0.1, 0.15) is 52.4 Å². The van der Waals surface area contributed by atoms with Crippen molar-refractivity contribution in [3.05, 3.63) is 0 Å². The van der Waals surface area contributed by atoms with Crippen molar-refractivity contribution in [2.45, 2.75) is 52.4 Å². The lowest BCUT2D eigenvalue weighted by atomic mass is 9.88. The molecule has 0 spiro atoms. The van der Waals surface area contributed by atoms with Gasteiger partial charge in [-0.3, -0.25) is 4.79 Å². The van der Waals surface area contributed by atoms with E-state index < -0.39 is 5.97 Å². The van der Waals surface area contributed by atoms with Crippen LogP contribution in [0.4, 0.5) is 0 Å². The lowest BCUT2D eigenvalue weighted by Gasteiger charge is -2.13. The Morgan fingerprint density at radius 1 is 1.29 bits per heavy atom. The molecule has 0 radical (unpaired) electrons. The maximum absolute atomic E-state index is 10.2. The summed E-state index contributed by atoms with van der Waals surface area (Å²) >= 11 is 0. The quantitative estimate of drug-likeness (QED) is 0.638. The zero-order valence-electron chi connectivity index (χ0n) is 9.05. The third kappa shape index (κ3) is 7.60. The van der Waals surface area contributed by atoms with Crippen molar-refractivity contribution >= 4 is 5.97 Å². The van der Waals surface area contributed by atoms with Crippen molar-refractivity contribution in [2.24, 2.45) is 5.41 Å². The van der Waals surface area contributed by atoms with E-state index in [0.717, 1.165) is 32.1 Å². The molecule has 0 rings (SSSR count). The predicted molar refractivity (Wildman–Crippen MR) is 54.7 cm³/mol. The molecule has 0 unspecified atom stereocenters. The van der Waals surface area contributed by atoms with Gasteiger partial charge in [0.15, 0.2) is 0 Å². The largest absolute Gasteiger partial charge is 0.481 e. The molecular formula is C11H19NO2. The van der Waals surface area contributed by atoms with Crippen molar-refractivity contribution in [2.75, 3.05) is 0 Å². The molecular weight excluding hydrogens is 178 g/mol. The van der Waals surface area contributed by atoms with Gasteiger partial charge in [-0.1, -0.05) is 19.3 Å². The predicted octanol–water partition coefficient (Wildman–Crippen LogP) is 2.96. The van der Waals surface area contributed by atoms with Gasteiger partial charge in [-0.15, -0.1) is 0 Å². The Morgan fingerprint density at radius 3 is 2.36 bits per heavy atom. The Labute approximate surface area is 85.7 Å². The second kappa shape index (κ2) is 6.42. The normalized spacial score (nSPS) is 10.9. The summed E-state index contributed by atoms with van der Waals surface area (Å²) < 4.78 is 0. The summed E-state index contributed by atoms with van der Waals surface area (Å²) in [4.78, 5) is 10.2. The molecule has 14 heavy (non-hydrogen) atoms. The van der Waals surface area contributed by atoms with E-state index in [1.165, 1.54) is 0 Å². The molecule has 3 nitrogen and oxygen atoms in total. The van der Waals surface area contributed by atoms with E-state index in [4.69, 9.17) is 10.4 Å². The second-order valence-electron chi connectivity index (χ2n) is 4.30. The van der Waals surface area contributed by atoms with E-state index in [2.05, 4.69) is 6.07 Å². The molecule has 1 N–H and O–H groups in total. The lowest BCUT2D eigenvalue weighted by molar-refractivity contribution is -0.137. The first-order valence-electron chi connectivity index (χ1n) is 5.11. The van der Waals surface area contributed by atoms with Crippen LogP contribution in [0.5, 0.6) is 0 Å². The van der Waals surface area contributed by atoms with Crippen LogP contribution in [0, 0.1) is 16.7 Å². The smallest absolute Gasteiger partial charge is 0.303 e. The monoisotopic (exact) mass is 197 g/mol. The highest BCUT2D eigenvalue weighted by Gasteiger charge is 2.15. The molecule has 3 heteroatoms. The number of carboxylic acids is 1. The third-order valence-electron chi connectivity index (χ3n) is 2.25. The van der Waals surface area contributed by atoms with Crippen LogP contribution in [-0.2, 0) is 4.79 Å². The third-order valence-corrected chi connectivity index (χ3v) is 2.25. The zero-order chi connectivity index (χ0) is 11.0. The number of nitrogens with zero attached hydrogens (tertiary/aromatic N) is 1. The van der Waals surface area contributed by atoms with E-state index >= 15 is 0 Å². The molecule has 0 fully saturated rings. The zero-order valence-corrected chi connectivity index (χ0v) is 9.05. The fourth-order valence-electron chi connectivity index (χ4n) is 1.25. The Hall–Kier alpha value is -1.04. The van der Waals surface area contributed by atoms with E-state index in [1.54, 1.807) is 0 Å². The first-order valence-corrected chi connectivity index (χ1v) is 5.11. The summed E-state index contributed by atoms with van der Waals surface area (Å²) in [5.41, 5.74) is -0.229. The molecule has 0 amide bonds. The summed E-state index contributed by atoms with van der Waals surface area (Å²) in [6, 6.07) is 2.26. The molecule has 0 saturated carbocycles. The minimum absolute atomic E-state index is 0.229. The average molecular weight is 197 g/mol. The number of nitriles is 1. The second-order valence-corrected chi connectivity index (χ2v) is 4.30. The maximum atomic E-state index is 10.2. The minimum atomic E-state index is -0.720. The summed E-state index contributed by atoms with van der Waals surface area (Å²) in [6.45, 7) is 3.87. The van der Waals surface area contributed by atoms with Crippen molar-refractivity contribution in [1.82, 2.24) is 0 Å². The van der Waals surface area contributed by atoms with Crippen LogP contribution < -0.4 is 0 Å². The van der Waals surface area contributed by atoms with Crippen LogP contribution in [0.2, 0.25) is 0 Å². The Balaban J connectivity index is 3.31. The molecule has 0 aromatic carbocycles. The molecule has 0 aliphatic carbocycles. The van der Waals surface area contributed by atoms with Gasteiger partial charge in [0, 0.05) is 6.42 Å². The Kier molecular flexibility index (Phi) is 5.94. The molecule has 0 aliphatic rings. The summed E-state index contributed by atoms with van der Waals surface area (Å²) in [5.74, 6) is -0.720. The summed E-state index contributed by atoms with van der Waals surface area (Å²) in [5, 5.41) is 17.1.